The number of aryl methyl sites for hydroxylation is 1. The summed E-state index contributed by atoms with van der Waals surface area (Å²) in [5, 5.41) is 0. The van der Waals surface area contributed by atoms with Gasteiger partial charge in [0.2, 0.25) is 0 Å². The first-order valence-corrected chi connectivity index (χ1v) is 4.32. The van der Waals surface area contributed by atoms with E-state index in [1.54, 1.807) is 0 Å². The molecule has 0 aliphatic heterocycles. The van der Waals surface area contributed by atoms with Gasteiger partial charge in [0.15, 0.2) is 0 Å². The van der Waals surface area contributed by atoms with Crippen molar-refractivity contribution in [2.45, 2.75) is 6.92 Å². The average molecular weight is 350 g/mol. The van der Waals surface area contributed by atoms with E-state index in [2.05, 4.69) is 18.2 Å². The molecular weight excluding hydrogens is 340 g/mol. The Hall–Kier alpha value is -0.872. The van der Waals surface area contributed by atoms with Crippen molar-refractivity contribution in [2.24, 2.45) is 0 Å². The zero-order valence-electron chi connectivity index (χ0n) is 7.95. The summed E-state index contributed by atoms with van der Waals surface area (Å²) in [5.41, 5.74) is 3.38. The molecule has 0 atom stereocenters. The first kappa shape index (κ1) is 11.2. The second-order valence-electron chi connectivity index (χ2n) is 3.02. The molecule has 0 amide bonds. The van der Waals surface area contributed by atoms with E-state index in [1.165, 1.54) is 0 Å². The maximum Gasteiger partial charge on any atom is 2.00 e. The van der Waals surface area contributed by atoms with Gasteiger partial charge in [-0.3, -0.25) is 0 Å². The maximum absolute atomic E-state index is 3.29. The summed E-state index contributed by atoms with van der Waals surface area (Å²) in [4.78, 5) is 0. The first-order valence-electron chi connectivity index (χ1n) is 4.32. The van der Waals surface area contributed by atoms with E-state index < -0.39 is 0 Å². The van der Waals surface area contributed by atoms with Crippen molar-refractivity contribution in [2.75, 3.05) is 0 Å². The van der Waals surface area contributed by atoms with E-state index in [1.807, 2.05) is 43.3 Å². The number of hydrogen-bond acceptors (Lipinski definition) is 0. The van der Waals surface area contributed by atoms with Gasteiger partial charge < -0.3 is 0 Å². The molecule has 2 rings (SSSR count). The van der Waals surface area contributed by atoms with Gasteiger partial charge in [0.05, 0.1) is 0 Å². The monoisotopic (exact) mass is 350 g/mol. The molecule has 2 aromatic carbocycles. The molecule has 0 fully saturated rings. The summed E-state index contributed by atoms with van der Waals surface area (Å²) < 4.78 is 0. The molecule has 0 nitrogen and oxygen atoms in total. The summed E-state index contributed by atoms with van der Waals surface area (Å²) >= 11 is 0. The minimum absolute atomic E-state index is 0. The van der Waals surface area contributed by atoms with E-state index in [0.717, 1.165) is 16.7 Å². The molecule has 2 aromatic rings. The largest absolute Gasteiger partial charge is 2.00 e. The Bertz CT molecular complexity index is 393. The molecule has 0 saturated heterocycles. The average Bonchev–Trinajstić information content (AvgIpc) is 2.19. The van der Waals surface area contributed by atoms with Crippen molar-refractivity contribution < 1.29 is 21.1 Å². The third-order valence-corrected chi connectivity index (χ3v) is 1.94. The summed E-state index contributed by atoms with van der Waals surface area (Å²) in [6.07, 6.45) is 0. The predicted molar refractivity (Wildman–Crippen MR) is 54.3 cm³/mol. The molecule has 0 N–H and O–H groups in total. The normalized spacial score (nSPS) is 9.21. The van der Waals surface area contributed by atoms with Gasteiger partial charge in [0.1, 0.15) is 0 Å². The molecule has 0 spiro atoms. The summed E-state index contributed by atoms with van der Waals surface area (Å²) in [7, 11) is 0. The smallest absolute Gasteiger partial charge is 0.226 e. The second-order valence-corrected chi connectivity index (χ2v) is 3.02. The van der Waals surface area contributed by atoms with Crippen LogP contribution in [-0.4, -0.2) is 0 Å². The van der Waals surface area contributed by atoms with Crippen molar-refractivity contribution in [3.8, 4) is 11.1 Å². The van der Waals surface area contributed by atoms with E-state index in [-0.39, 0.29) is 21.1 Å². The predicted octanol–water partition coefficient (Wildman–Crippen LogP) is 3.26. The summed E-state index contributed by atoms with van der Waals surface area (Å²) in [5.74, 6) is 0. The Balaban J connectivity index is 0.000000980. The molecule has 0 aromatic heterocycles. The molecule has 0 radical (unpaired) electrons. The molecular formula is C13H10W. The van der Waals surface area contributed by atoms with Crippen LogP contribution < -0.4 is 0 Å². The SMILES string of the molecule is Cc1[c-]c(-c2[c-]cccc2)ccc1.[W+2]. The third-order valence-electron chi connectivity index (χ3n) is 1.94. The molecule has 0 unspecified atom stereocenters. The fraction of sp³-hybridized carbons (Fsp3) is 0.0769. The van der Waals surface area contributed by atoms with Crippen LogP contribution in [0.25, 0.3) is 11.1 Å². The molecule has 1 heteroatoms. The molecule has 0 aliphatic rings. The molecule has 0 saturated carbocycles. The van der Waals surface area contributed by atoms with Gasteiger partial charge in [-0.25, -0.2) is 11.1 Å². The minimum atomic E-state index is 0. The topological polar surface area (TPSA) is 0 Å². The van der Waals surface area contributed by atoms with E-state index in [9.17, 15) is 0 Å². The van der Waals surface area contributed by atoms with Gasteiger partial charge in [-0.05, 0) is 0 Å². The van der Waals surface area contributed by atoms with Gasteiger partial charge in [-0.2, -0.15) is 42.5 Å². The van der Waals surface area contributed by atoms with Crippen LogP contribution in [0.2, 0.25) is 0 Å². The molecule has 0 heterocycles. The van der Waals surface area contributed by atoms with E-state index >= 15 is 0 Å². The Morgan fingerprint density at radius 2 is 1.71 bits per heavy atom. The second kappa shape index (κ2) is 5.12. The fourth-order valence-corrected chi connectivity index (χ4v) is 1.30. The van der Waals surface area contributed by atoms with Crippen molar-refractivity contribution in [1.82, 2.24) is 0 Å². The molecule has 14 heavy (non-hydrogen) atoms. The van der Waals surface area contributed by atoms with E-state index in [4.69, 9.17) is 0 Å². The van der Waals surface area contributed by atoms with Gasteiger partial charge in [-0.15, -0.1) is 17.7 Å². The number of rotatable bonds is 1. The van der Waals surface area contributed by atoms with Crippen LogP contribution in [0.3, 0.4) is 0 Å². The van der Waals surface area contributed by atoms with Crippen LogP contribution in [0.15, 0.2) is 42.5 Å². The molecule has 68 valence electrons. The van der Waals surface area contributed by atoms with Crippen LogP contribution in [0.5, 0.6) is 0 Å². The van der Waals surface area contributed by atoms with Crippen LogP contribution in [0, 0.1) is 19.1 Å². The molecule has 0 aliphatic carbocycles. The molecule has 0 bridgehead atoms. The van der Waals surface area contributed by atoms with Gasteiger partial charge in [-0.1, -0.05) is 6.92 Å². The minimum Gasteiger partial charge on any atom is -0.226 e. The number of hydrogen-bond donors (Lipinski definition) is 0. The third kappa shape index (κ3) is 2.56. The Labute approximate surface area is 99.2 Å². The standard InChI is InChI=1S/C13H10.W/c1-11-6-5-9-13(10-11)12-7-3-2-4-8-12;/h2-7,9H,1H3;/q-2;+2. The van der Waals surface area contributed by atoms with E-state index in [0.29, 0.717) is 0 Å². The Kier molecular flexibility index (Phi) is 4.10. The zero-order valence-corrected chi connectivity index (χ0v) is 10.9. The summed E-state index contributed by atoms with van der Waals surface area (Å²) in [6, 6.07) is 20.6. The van der Waals surface area contributed by atoms with Crippen molar-refractivity contribution >= 4 is 0 Å². The fourth-order valence-electron chi connectivity index (χ4n) is 1.30. The maximum atomic E-state index is 3.29. The van der Waals surface area contributed by atoms with Crippen molar-refractivity contribution in [3.63, 3.8) is 0 Å². The number of benzene rings is 2. The van der Waals surface area contributed by atoms with Crippen LogP contribution in [-0.2, 0) is 21.1 Å². The first-order chi connectivity index (χ1) is 6.36. The Morgan fingerprint density at radius 3 is 2.36 bits per heavy atom. The van der Waals surface area contributed by atoms with Gasteiger partial charge in [0.25, 0.3) is 0 Å². The zero-order chi connectivity index (χ0) is 9.10. The van der Waals surface area contributed by atoms with Crippen LogP contribution in [0.1, 0.15) is 5.56 Å². The Morgan fingerprint density at radius 1 is 0.929 bits per heavy atom. The van der Waals surface area contributed by atoms with Crippen molar-refractivity contribution in [3.05, 3.63) is 60.2 Å². The van der Waals surface area contributed by atoms with Crippen molar-refractivity contribution in [1.29, 1.82) is 0 Å². The van der Waals surface area contributed by atoms with Crippen LogP contribution in [0.4, 0.5) is 0 Å². The van der Waals surface area contributed by atoms with Gasteiger partial charge >= 0.3 is 21.1 Å². The summed E-state index contributed by atoms with van der Waals surface area (Å²) in [6.45, 7) is 2.05. The quantitative estimate of drug-likeness (QED) is 0.693. The van der Waals surface area contributed by atoms with Crippen LogP contribution >= 0.6 is 0 Å². The van der Waals surface area contributed by atoms with Gasteiger partial charge in [0, 0.05) is 0 Å².